The summed E-state index contributed by atoms with van der Waals surface area (Å²) >= 11 is 0. The molecule has 0 saturated heterocycles. The maximum absolute atomic E-state index is 5.95. The van der Waals surface area contributed by atoms with Crippen LogP contribution in [0.5, 0.6) is 0 Å². The van der Waals surface area contributed by atoms with Crippen molar-refractivity contribution in [1.82, 2.24) is 5.43 Å². The minimum absolute atomic E-state index is 0.0356. The van der Waals surface area contributed by atoms with Gasteiger partial charge in [-0.25, -0.2) is 0 Å². The van der Waals surface area contributed by atoms with Crippen LogP contribution in [0.2, 0.25) is 0 Å². The third-order valence-corrected chi connectivity index (χ3v) is 3.75. The average Bonchev–Trinajstić information content (AvgIpc) is 2.53. The fraction of sp³-hybridized carbons (Fsp3) is 0.333. The lowest BCUT2D eigenvalue weighted by Crippen LogP contribution is -2.42. The van der Waals surface area contributed by atoms with Gasteiger partial charge < -0.3 is 4.74 Å². The summed E-state index contributed by atoms with van der Waals surface area (Å²) in [4.78, 5) is 0. The molecule has 0 saturated carbocycles. The van der Waals surface area contributed by atoms with Crippen LogP contribution in [-0.2, 0) is 11.2 Å². The Morgan fingerprint density at radius 1 is 1.05 bits per heavy atom. The molecule has 0 aliphatic heterocycles. The molecule has 0 fully saturated rings. The van der Waals surface area contributed by atoms with Crippen LogP contribution in [0.15, 0.2) is 54.6 Å². The molecular weight excluding hydrogens is 260 g/mol. The van der Waals surface area contributed by atoms with Crippen LogP contribution in [0.3, 0.4) is 0 Å². The van der Waals surface area contributed by atoms with Crippen LogP contribution in [0.25, 0.3) is 0 Å². The number of ether oxygens (including phenoxy) is 1. The molecule has 0 amide bonds. The van der Waals surface area contributed by atoms with Crippen molar-refractivity contribution in [2.45, 2.75) is 32.4 Å². The minimum atomic E-state index is -0.0548. The van der Waals surface area contributed by atoms with Crippen molar-refractivity contribution in [1.29, 1.82) is 0 Å². The lowest BCUT2D eigenvalue weighted by molar-refractivity contribution is 0.0332. The quantitative estimate of drug-likeness (QED) is 0.606. The van der Waals surface area contributed by atoms with E-state index in [1.807, 2.05) is 25.1 Å². The highest BCUT2D eigenvalue weighted by Gasteiger charge is 2.23. The van der Waals surface area contributed by atoms with Crippen LogP contribution in [0.1, 0.15) is 29.7 Å². The third kappa shape index (κ3) is 4.14. The summed E-state index contributed by atoms with van der Waals surface area (Å²) in [5.41, 5.74) is 6.66. The van der Waals surface area contributed by atoms with Crippen molar-refractivity contribution in [2.75, 3.05) is 6.61 Å². The maximum atomic E-state index is 5.95. The monoisotopic (exact) mass is 284 g/mol. The number of benzene rings is 2. The number of rotatable bonds is 7. The molecule has 0 radical (unpaired) electrons. The predicted molar refractivity (Wildman–Crippen MR) is 86.8 cm³/mol. The number of nitrogens with two attached hydrogens (primary N) is 1. The summed E-state index contributed by atoms with van der Waals surface area (Å²) in [6.07, 6.45) is 0.781. The van der Waals surface area contributed by atoms with E-state index in [1.54, 1.807) is 0 Å². The third-order valence-electron chi connectivity index (χ3n) is 3.75. The molecule has 2 aromatic carbocycles. The Bertz CT molecular complexity index is 542. The summed E-state index contributed by atoms with van der Waals surface area (Å²) in [5, 5.41) is 0. The van der Waals surface area contributed by atoms with Gasteiger partial charge in [0, 0.05) is 6.61 Å². The van der Waals surface area contributed by atoms with E-state index in [-0.39, 0.29) is 12.1 Å². The fourth-order valence-electron chi connectivity index (χ4n) is 2.60. The topological polar surface area (TPSA) is 47.3 Å². The van der Waals surface area contributed by atoms with Gasteiger partial charge in [0.25, 0.3) is 0 Å². The highest BCUT2D eigenvalue weighted by atomic mass is 16.5. The van der Waals surface area contributed by atoms with Crippen molar-refractivity contribution in [3.8, 4) is 0 Å². The van der Waals surface area contributed by atoms with Crippen LogP contribution >= 0.6 is 0 Å². The lowest BCUT2D eigenvalue weighted by Gasteiger charge is -2.27. The molecule has 2 rings (SSSR count). The molecule has 0 aliphatic rings. The summed E-state index contributed by atoms with van der Waals surface area (Å²) < 4.78 is 5.95. The molecule has 0 aliphatic carbocycles. The molecule has 0 aromatic heterocycles. The maximum Gasteiger partial charge on any atom is 0.0994 e. The SMILES string of the molecule is CCOC(c1ccccc1)C(Cc1ccccc1C)NN. The number of aryl methyl sites for hydroxylation is 1. The molecule has 3 nitrogen and oxygen atoms in total. The van der Waals surface area contributed by atoms with Crippen molar-refractivity contribution in [2.24, 2.45) is 5.84 Å². The van der Waals surface area contributed by atoms with E-state index in [9.17, 15) is 0 Å². The Hall–Kier alpha value is -1.68. The lowest BCUT2D eigenvalue weighted by atomic mass is 9.94. The first-order chi connectivity index (χ1) is 10.3. The van der Waals surface area contributed by atoms with Gasteiger partial charge in [0.1, 0.15) is 0 Å². The first kappa shape index (κ1) is 15.7. The van der Waals surface area contributed by atoms with E-state index in [0.29, 0.717) is 6.61 Å². The number of hydrogen-bond donors (Lipinski definition) is 2. The molecule has 0 heterocycles. The van der Waals surface area contributed by atoms with E-state index in [1.165, 1.54) is 11.1 Å². The minimum Gasteiger partial charge on any atom is -0.372 e. The second-order valence-corrected chi connectivity index (χ2v) is 5.19. The largest absolute Gasteiger partial charge is 0.372 e. The second-order valence-electron chi connectivity index (χ2n) is 5.19. The molecule has 112 valence electrons. The first-order valence-corrected chi connectivity index (χ1v) is 7.43. The average molecular weight is 284 g/mol. The normalized spacial score (nSPS) is 13.9. The zero-order valence-corrected chi connectivity index (χ0v) is 12.8. The molecule has 2 atom stereocenters. The van der Waals surface area contributed by atoms with Gasteiger partial charge in [-0.3, -0.25) is 11.3 Å². The van der Waals surface area contributed by atoms with E-state index in [4.69, 9.17) is 10.6 Å². The van der Waals surface area contributed by atoms with Gasteiger partial charge in [0.05, 0.1) is 12.1 Å². The van der Waals surface area contributed by atoms with Crippen LogP contribution < -0.4 is 11.3 Å². The summed E-state index contributed by atoms with van der Waals surface area (Å²) in [6, 6.07) is 18.7. The number of nitrogens with one attached hydrogen (secondary N) is 1. The Balaban J connectivity index is 2.22. The van der Waals surface area contributed by atoms with E-state index in [0.717, 1.165) is 12.0 Å². The molecule has 21 heavy (non-hydrogen) atoms. The van der Waals surface area contributed by atoms with Gasteiger partial charge in [0.2, 0.25) is 0 Å². The molecule has 3 heteroatoms. The van der Waals surface area contributed by atoms with Crippen molar-refractivity contribution >= 4 is 0 Å². The Labute approximate surface area is 127 Å². The second kappa shape index (κ2) is 7.93. The summed E-state index contributed by atoms with van der Waals surface area (Å²) in [6.45, 7) is 4.80. The smallest absolute Gasteiger partial charge is 0.0994 e. The van der Waals surface area contributed by atoms with Crippen LogP contribution in [0, 0.1) is 6.92 Å². The molecule has 2 unspecified atom stereocenters. The van der Waals surface area contributed by atoms with E-state index in [2.05, 4.69) is 48.7 Å². The molecule has 3 N–H and O–H groups in total. The zero-order chi connectivity index (χ0) is 15.1. The fourth-order valence-corrected chi connectivity index (χ4v) is 2.60. The Morgan fingerprint density at radius 3 is 2.33 bits per heavy atom. The van der Waals surface area contributed by atoms with Gasteiger partial charge in [-0.05, 0) is 37.0 Å². The highest BCUT2D eigenvalue weighted by molar-refractivity contribution is 5.28. The molecule has 0 spiro atoms. The summed E-state index contributed by atoms with van der Waals surface area (Å²) in [5.74, 6) is 5.81. The number of hydrazine groups is 1. The van der Waals surface area contributed by atoms with Gasteiger partial charge in [-0.2, -0.15) is 0 Å². The van der Waals surface area contributed by atoms with Crippen LogP contribution in [-0.4, -0.2) is 12.6 Å². The van der Waals surface area contributed by atoms with Crippen molar-refractivity contribution < 1.29 is 4.74 Å². The van der Waals surface area contributed by atoms with Gasteiger partial charge in [-0.1, -0.05) is 54.6 Å². The van der Waals surface area contributed by atoms with E-state index < -0.39 is 0 Å². The predicted octanol–water partition coefficient (Wildman–Crippen LogP) is 3.15. The first-order valence-electron chi connectivity index (χ1n) is 7.43. The van der Waals surface area contributed by atoms with Gasteiger partial charge >= 0.3 is 0 Å². The van der Waals surface area contributed by atoms with E-state index >= 15 is 0 Å². The number of hydrogen-bond acceptors (Lipinski definition) is 3. The highest BCUT2D eigenvalue weighted by Crippen LogP contribution is 2.24. The standard InChI is InChI=1S/C18H24N2O/c1-3-21-18(15-10-5-4-6-11-15)17(20-19)13-16-12-8-7-9-14(16)2/h4-12,17-18,20H,3,13,19H2,1-2H3. The Morgan fingerprint density at radius 2 is 1.71 bits per heavy atom. The van der Waals surface area contributed by atoms with Crippen LogP contribution in [0.4, 0.5) is 0 Å². The van der Waals surface area contributed by atoms with Gasteiger partial charge in [-0.15, -0.1) is 0 Å². The molecular formula is C18H24N2O. The van der Waals surface area contributed by atoms with Crippen molar-refractivity contribution in [3.63, 3.8) is 0 Å². The zero-order valence-electron chi connectivity index (χ0n) is 12.8. The Kier molecular flexibility index (Phi) is 5.93. The van der Waals surface area contributed by atoms with Crippen molar-refractivity contribution in [3.05, 3.63) is 71.3 Å². The molecule has 2 aromatic rings. The molecule has 0 bridgehead atoms. The summed E-state index contributed by atoms with van der Waals surface area (Å²) in [7, 11) is 0. The van der Waals surface area contributed by atoms with Gasteiger partial charge in [0.15, 0.2) is 0 Å².